The number of thiophene rings is 1. The van der Waals surface area contributed by atoms with Gasteiger partial charge in [-0.15, -0.1) is 11.3 Å². The number of nitrogens with zero attached hydrogens (tertiary/aromatic N) is 2. The highest BCUT2D eigenvalue weighted by atomic mass is 32.1. The van der Waals surface area contributed by atoms with E-state index < -0.39 is 0 Å². The third kappa shape index (κ3) is 2.82. The Morgan fingerprint density at radius 2 is 2.18 bits per heavy atom. The van der Waals surface area contributed by atoms with Crippen molar-refractivity contribution in [2.24, 2.45) is 0 Å². The molecule has 4 heteroatoms. The van der Waals surface area contributed by atoms with Crippen LogP contribution in [0.2, 0.25) is 0 Å². The number of rotatable bonds is 4. The lowest BCUT2D eigenvalue weighted by Gasteiger charge is -2.03. The summed E-state index contributed by atoms with van der Waals surface area (Å²) in [6, 6.07) is 6.12. The predicted octanol–water partition coefficient (Wildman–Crippen LogP) is 3.26. The lowest BCUT2D eigenvalue weighted by Crippen LogP contribution is -2.05. The van der Waals surface area contributed by atoms with Gasteiger partial charge >= 0.3 is 0 Å². The molecule has 0 radical (unpaired) electrons. The summed E-state index contributed by atoms with van der Waals surface area (Å²) in [4.78, 5) is 14.0. The van der Waals surface area contributed by atoms with Gasteiger partial charge in [0.05, 0.1) is 17.0 Å². The van der Waals surface area contributed by atoms with E-state index in [2.05, 4.69) is 18.9 Å². The topological polar surface area (TPSA) is 34.9 Å². The minimum absolute atomic E-state index is 0.150. The Kier molecular flexibility index (Phi) is 3.43. The SMILES string of the molecule is Cc1ccc(C(=O)Cc2ccn(C(C)C)n2)s1. The van der Waals surface area contributed by atoms with E-state index >= 15 is 0 Å². The maximum atomic E-state index is 12.0. The van der Waals surface area contributed by atoms with Gasteiger partial charge in [0.25, 0.3) is 0 Å². The fourth-order valence-corrected chi connectivity index (χ4v) is 2.40. The summed E-state index contributed by atoms with van der Waals surface area (Å²) < 4.78 is 1.88. The van der Waals surface area contributed by atoms with E-state index in [1.54, 1.807) is 11.3 Å². The van der Waals surface area contributed by atoms with Crippen molar-refractivity contribution in [2.45, 2.75) is 33.2 Å². The molecule has 0 atom stereocenters. The highest BCUT2D eigenvalue weighted by Gasteiger charge is 2.11. The summed E-state index contributed by atoms with van der Waals surface area (Å²) in [7, 11) is 0. The first kappa shape index (κ1) is 12.0. The molecule has 2 aromatic rings. The van der Waals surface area contributed by atoms with E-state index in [0.29, 0.717) is 12.5 Å². The van der Waals surface area contributed by atoms with Crippen molar-refractivity contribution < 1.29 is 4.79 Å². The molecule has 0 aliphatic rings. The zero-order chi connectivity index (χ0) is 12.4. The molecule has 0 aliphatic carbocycles. The van der Waals surface area contributed by atoms with E-state index in [1.807, 2.05) is 36.0 Å². The number of ketones is 1. The number of aromatic nitrogens is 2. The second-order valence-corrected chi connectivity index (χ2v) is 5.68. The highest BCUT2D eigenvalue weighted by molar-refractivity contribution is 7.14. The van der Waals surface area contributed by atoms with Gasteiger partial charge in [0.2, 0.25) is 0 Å². The van der Waals surface area contributed by atoms with Crippen LogP contribution in [0.3, 0.4) is 0 Å². The van der Waals surface area contributed by atoms with Crippen molar-refractivity contribution in [1.82, 2.24) is 9.78 Å². The number of aryl methyl sites for hydroxylation is 1. The van der Waals surface area contributed by atoms with Crippen LogP contribution in [0.15, 0.2) is 24.4 Å². The molecule has 0 fully saturated rings. The summed E-state index contributed by atoms with van der Waals surface area (Å²) >= 11 is 1.54. The lowest BCUT2D eigenvalue weighted by atomic mass is 10.2. The van der Waals surface area contributed by atoms with Crippen LogP contribution in [0.25, 0.3) is 0 Å². The van der Waals surface area contributed by atoms with Crippen LogP contribution in [-0.2, 0) is 6.42 Å². The fourth-order valence-electron chi connectivity index (χ4n) is 1.60. The standard InChI is InChI=1S/C13H16N2OS/c1-9(2)15-7-6-11(14-15)8-12(16)13-5-4-10(3)17-13/h4-7,9H,8H2,1-3H3. The van der Waals surface area contributed by atoms with Gasteiger partial charge in [-0.05, 0) is 39.0 Å². The largest absolute Gasteiger partial charge is 0.293 e. The number of Topliss-reactive ketones (excluding diaryl/α,β-unsaturated/α-hetero) is 1. The first-order valence-electron chi connectivity index (χ1n) is 5.70. The summed E-state index contributed by atoms with van der Waals surface area (Å²) in [5, 5.41) is 4.38. The number of carbonyl (C=O) groups excluding carboxylic acids is 1. The van der Waals surface area contributed by atoms with Gasteiger partial charge in [0.1, 0.15) is 0 Å². The molecule has 2 heterocycles. The molecule has 0 N–H and O–H groups in total. The molecule has 3 nitrogen and oxygen atoms in total. The van der Waals surface area contributed by atoms with Crippen LogP contribution in [-0.4, -0.2) is 15.6 Å². The van der Waals surface area contributed by atoms with E-state index in [9.17, 15) is 4.79 Å². The molecule has 90 valence electrons. The van der Waals surface area contributed by atoms with E-state index in [0.717, 1.165) is 10.6 Å². The number of carbonyl (C=O) groups is 1. The van der Waals surface area contributed by atoms with Crippen molar-refractivity contribution >= 4 is 17.1 Å². The molecule has 17 heavy (non-hydrogen) atoms. The fraction of sp³-hybridized carbons (Fsp3) is 0.385. The molecule has 0 saturated carbocycles. The molecule has 0 unspecified atom stereocenters. The van der Waals surface area contributed by atoms with Gasteiger partial charge in [-0.2, -0.15) is 5.10 Å². The minimum atomic E-state index is 0.150. The van der Waals surface area contributed by atoms with Gasteiger partial charge < -0.3 is 0 Å². The normalized spacial score (nSPS) is 11.1. The Labute approximate surface area is 105 Å². The summed E-state index contributed by atoms with van der Waals surface area (Å²) in [5.41, 5.74) is 0.842. The molecule has 0 saturated heterocycles. The van der Waals surface area contributed by atoms with E-state index in [-0.39, 0.29) is 5.78 Å². The molecule has 0 aromatic carbocycles. The van der Waals surface area contributed by atoms with Gasteiger partial charge in [-0.25, -0.2) is 0 Å². The van der Waals surface area contributed by atoms with Crippen LogP contribution >= 0.6 is 11.3 Å². The first-order chi connectivity index (χ1) is 8.06. The first-order valence-corrected chi connectivity index (χ1v) is 6.51. The van der Waals surface area contributed by atoms with Crippen LogP contribution in [0.4, 0.5) is 0 Å². The highest BCUT2D eigenvalue weighted by Crippen LogP contribution is 2.17. The number of hydrogen-bond donors (Lipinski definition) is 0. The quantitative estimate of drug-likeness (QED) is 0.778. The van der Waals surface area contributed by atoms with Gasteiger partial charge in [0, 0.05) is 17.1 Å². The molecule has 2 rings (SSSR count). The molecule has 0 aliphatic heterocycles. The minimum Gasteiger partial charge on any atom is -0.293 e. The molecule has 0 spiro atoms. The zero-order valence-electron chi connectivity index (χ0n) is 10.3. The lowest BCUT2D eigenvalue weighted by molar-refractivity contribution is 0.0995. The van der Waals surface area contributed by atoms with E-state index in [4.69, 9.17) is 0 Å². The Bertz CT molecular complexity index is 525. The van der Waals surface area contributed by atoms with Crippen molar-refractivity contribution in [3.8, 4) is 0 Å². The van der Waals surface area contributed by atoms with Crippen molar-refractivity contribution in [2.75, 3.05) is 0 Å². The predicted molar refractivity (Wildman–Crippen MR) is 69.7 cm³/mol. The molecule has 0 amide bonds. The Morgan fingerprint density at radius 3 is 2.71 bits per heavy atom. The average Bonchev–Trinajstić information content (AvgIpc) is 2.86. The average molecular weight is 248 g/mol. The second kappa shape index (κ2) is 4.84. The van der Waals surface area contributed by atoms with E-state index in [1.165, 1.54) is 4.88 Å². The van der Waals surface area contributed by atoms with Crippen molar-refractivity contribution in [1.29, 1.82) is 0 Å². The van der Waals surface area contributed by atoms with Crippen molar-refractivity contribution in [3.63, 3.8) is 0 Å². The summed E-state index contributed by atoms with van der Waals surface area (Å²) in [6.07, 6.45) is 2.31. The number of hydrogen-bond acceptors (Lipinski definition) is 3. The Hall–Kier alpha value is -1.42. The molecular weight excluding hydrogens is 232 g/mol. The smallest absolute Gasteiger partial charge is 0.178 e. The molecular formula is C13H16N2OS. The van der Waals surface area contributed by atoms with Crippen LogP contribution < -0.4 is 0 Å². The molecule has 0 bridgehead atoms. The summed E-state index contributed by atoms with van der Waals surface area (Å²) in [6.45, 7) is 6.15. The van der Waals surface area contributed by atoms with Gasteiger partial charge in [0.15, 0.2) is 5.78 Å². The van der Waals surface area contributed by atoms with Gasteiger partial charge in [-0.3, -0.25) is 9.48 Å². The van der Waals surface area contributed by atoms with Crippen LogP contribution in [0.5, 0.6) is 0 Å². The monoisotopic (exact) mass is 248 g/mol. The van der Waals surface area contributed by atoms with Crippen molar-refractivity contribution in [3.05, 3.63) is 39.8 Å². The Balaban J connectivity index is 2.07. The Morgan fingerprint density at radius 1 is 1.41 bits per heavy atom. The van der Waals surface area contributed by atoms with Gasteiger partial charge in [-0.1, -0.05) is 0 Å². The van der Waals surface area contributed by atoms with Crippen LogP contribution in [0.1, 0.15) is 40.1 Å². The molecule has 2 aromatic heterocycles. The van der Waals surface area contributed by atoms with Crippen LogP contribution in [0, 0.1) is 6.92 Å². The summed E-state index contributed by atoms with van der Waals surface area (Å²) in [5.74, 6) is 0.150. The second-order valence-electron chi connectivity index (χ2n) is 4.39. The maximum absolute atomic E-state index is 12.0. The third-order valence-corrected chi connectivity index (χ3v) is 3.59. The zero-order valence-corrected chi connectivity index (χ0v) is 11.1. The maximum Gasteiger partial charge on any atom is 0.178 e. The third-order valence-electron chi connectivity index (χ3n) is 2.55.